The highest BCUT2D eigenvalue weighted by atomic mass is 16.4. The van der Waals surface area contributed by atoms with E-state index in [1.165, 1.54) is 6.20 Å². The third kappa shape index (κ3) is 1.82. The van der Waals surface area contributed by atoms with Crippen LogP contribution in [0.25, 0.3) is 0 Å². The third-order valence-electron chi connectivity index (χ3n) is 2.71. The molecule has 2 rings (SSSR count). The van der Waals surface area contributed by atoms with Crippen molar-refractivity contribution in [1.29, 1.82) is 5.26 Å². The van der Waals surface area contributed by atoms with Gasteiger partial charge in [-0.1, -0.05) is 0 Å². The number of aliphatic carboxylic acids is 1. The van der Waals surface area contributed by atoms with Gasteiger partial charge in [-0.3, -0.25) is 0 Å². The highest BCUT2D eigenvalue weighted by molar-refractivity contribution is 5.78. The average Bonchev–Trinajstić information content (AvgIpc) is 2.78. The summed E-state index contributed by atoms with van der Waals surface area (Å²) in [6.45, 7) is 0.679. The van der Waals surface area contributed by atoms with Crippen molar-refractivity contribution < 1.29 is 9.90 Å². The van der Waals surface area contributed by atoms with E-state index >= 15 is 0 Å². The zero-order valence-electron chi connectivity index (χ0n) is 8.63. The summed E-state index contributed by atoms with van der Waals surface area (Å²) in [5.74, 6) is -0.259. The quantitative estimate of drug-likeness (QED) is 0.799. The Hall–Kier alpha value is -2.09. The van der Waals surface area contributed by atoms with Gasteiger partial charge in [0, 0.05) is 12.7 Å². The topological polar surface area (TPSA) is 77.2 Å². The zero-order valence-corrected chi connectivity index (χ0v) is 8.63. The second-order valence-electron chi connectivity index (χ2n) is 3.70. The van der Waals surface area contributed by atoms with Crippen molar-refractivity contribution in [3.05, 3.63) is 23.9 Å². The van der Waals surface area contributed by atoms with Crippen LogP contribution in [0, 0.1) is 11.3 Å². The molecule has 82 valence electrons. The van der Waals surface area contributed by atoms with Crippen molar-refractivity contribution in [3.63, 3.8) is 0 Å². The van der Waals surface area contributed by atoms with Crippen molar-refractivity contribution in [3.8, 4) is 6.07 Å². The molecule has 1 saturated heterocycles. The normalized spacial score (nSPS) is 19.4. The van der Waals surface area contributed by atoms with Crippen molar-refractivity contribution in [2.24, 2.45) is 0 Å². The Balaban J connectivity index is 2.29. The Bertz CT molecular complexity index is 453. The molecule has 1 aliphatic heterocycles. The second kappa shape index (κ2) is 4.19. The molecule has 2 heterocycles. The highest BCUT2D eigenvalue weighted by Gasteiger charge is 2.31. The van der Waals surface area contributed by atoms with Gasteiger partial charge in [0.25, 0.3) is 0 Å². The van der Waals surface area contributed by atoms with Crippen LogP contribution in [0.5, 0.6) is 0 Å². The van der Waals surface area contributed by atoms with Gasteiger partial charge in [-0.05, 0) is 25.0 Å². The molecule has 0 radical (unpaired) electrons. The summed E-state index contributed by atoms with van der Waals surface area (Å²) in [5.41, 5.74) is 0.501. The van der Waals surface area contributed by atoms with Gasteiger partial charge in [0.05, 0.1) is 11.6 Å². The lowest BCUT2D eigenvalue weighted by atomic mass is 10.2. The first kappa shape index (κ1) is 10.4. The lowest BCUT2D eigenvalue weighted by molar-refractivity contribution is -0.138. The smallest absolute Gasteiger partial charge is 0.326 e. The number of carbonyl (C=O) groups is 1. The van der Waals surface area contributed by atoms with Gasteiger partial charge in [0.1, 0.15) is 11.9 Å². The Labute approximate surface area is 92.9 Å². The van der Waals surface area contributed by atoms with Crippen LogP contribution in [-0.4, -0.2) is 28.6 Å². The molecule has 0 saturated carbocycles. The summed E-state index contributed by atoms with van der Waals surface area (Å²) >= 11 is 0. The first-order valence-electron chi connectivity index (χ1n) is 5.08. The fourth-order valence-electron chi connectivity index (χ4n) is 1.94. The van der Waals surface area contributed by atoms with Gasteiger partial charge in [-0.2, -0.15) is 5.26 Å². The van der Waals surface area contributed by atoms with Gasteiger partial charge >= 0.3 is 5.97 Å². The Morgan fingerprint density at radius 1 is 1.69 bits per heavy atom. The zero-order chi connectivity index (χ0) is 11.5. The summed E-state index contributed by atoms with van der Waals surface area (Å²) in [4.78, 5) is 16.9. The summed E-state index contributed by atoms with van der Waals surface area (Å²) in [6.07, 6.45) is 3.01. The minimum atomic E-state index is -0.832. The van der Waals surface area contributed by atoms with E-state index < -0.39 is 12.0 Å². The van der Waals surface area contributed by atoms with Gasteiger partial charge in [-0.25, -0.2) is 9.78 Å². The molecule has 5 nitrogen and oxygen atoms in total. The maximum absolute atomic E-state index is 11.0. The number of anilines is 1. The van der Waals surface area contributed by atoms with Crippen LogP contribution < -0.4 is 4.90 Å². The van der Waals surface area contributed by atoms with Crippen LogP contribution in [-0.2, 0) is 4.79 Å². The maximum atomic E-state index is 11.0. The molecule has 0 amide bonds. The lowest BCUT2D eigenvalue weighted by Gasteiger charge is -2.22. The molecule has 16 heavy (non-hydrogen) atoms. The third-order valence-corrected chi connectivity index (χ3v) is 2.71. The first-order valence-corrected chi connectivity index (χ1v) is 5.08. The number of nitrogens with zero attached hydrogens (tertiary/aromatic N) is 3. The summed E-state index contributed by atoms with van der Waals surface area (Å²) < 4.78 is 0. The van der Waals surface area contributed by atoms with Crippen LogP contribution in [0.4, 0.5) is 5.82 Å². The van der Waals surface area contributed by atoms with Crippen molar-refractivity contribution in [2.75, 3.05) is 11.4 Å². The molecule has 1 fully saturated rings. The fraction of sp³-hybridized carbons (Fsp3) is 0.364. The van der Waals surface area contributed by atoms with E-state index in [-0.39, 0.29) is 0 Å². The monoisotopic (exact) mass is 217 g/mol. The molecule has 1 atom stereocenters. The number of carboxylic acids is 1. The van der Waals surface area contributed by atoms with E-state index in [1.54, 1.807) is 17.0 Å². The van der Waals surface area contributed by atoms with Crippen molar-refractivity contribution in [2.45, 2.75) is 18.9 Å². The van der Waals surface area contributed by atoms with Gasteiger partial charge < -0.3 is 10.0 Å². The van der Waals surface area contributed by atoms with E-state index in [0.29, 0.717) is 24.3 Å². The Kier molecular flexibility index (Phi) is 2.73. The number of hydrogen-bond donors (Lipinski definition) is 1. The average molecular weight is 217 g/mol. The molecule has 0 aliphatic carbocycles. The van der Waals surface area contributed by atoms with Crippen LogP contribution in [0.15, 0.2) is 18.3 Å². The second-order valence-corrected chi connectivity index (χ2v) is 3.70. The predicted octanol–water partition coefficient (Wildman–Crippen LogP) is 1.01. The van der Waals surface area contributed by atoms with E-state index in [4.69, 9.17) is 10.4 Å². The van der Waals surface area contributed by atoms with E-state index in [9.17, 15) is 4.79 Å². The molecule has 1 aromatic rings. The molecule has 0 bridgehead atoms. The molecular formula is C11H11N3O2. The minimum absolute atomic E-state index is 0.501. The minimum Gasteiger partial charge on any atom is -0.480 e. The maximum Gasteiger partial charge on any atom is 0.326 e. The van der Waals surface area contributed by atoms with Crippen molar-refractivity contribution >= 4 is 11.8 Å². The van der Waals surface area contributed by atoms with Crippen molar-refractivity contribution in [1.82, 2.24) is 4.98 Å². The molecule has 1 aliphatic rings. The summed E-state index contributed by atoms with van der Waals surface area (Å²) in [6, 6.07) is 4.74. The van der Waals surface area contributed by atoms with Crippen LogP contribution in [0.2, 0.25) is 0 Å². The fourth-order valence-corrected chi connectivity index (χ4v) is 1.94. The number of aromatic nitrogens is 1. The standard InChI is InChI=1S/C11H11N3O2/c12-7-8-3-4-13-10(6-8)14-5-1-2-9(14)11(15)16/h3-4,6,9H,1-2,5H2,(H,15,16)/t9-/m1/s1. The summed E-state index contributed by atoms with van der Waals surface area (Å²) in [5, 5.41) is 17.8. The van der Waals surface area contributed by atoms with Gasteiger partial charge in [0.15, 0.2) is 0 Å². The number of rotatable bonds is 2. The number of nitriles is 1. The largest absolute Gasteiger partial charge is 0.480 e. The Morgan fingerprint density at radius 2 is 2.50 bits per heavy atom. The molecular weight excluding hydrogens is 206 g/mol. The number of carboxylic acid groups (broad SMARTS) is 1. The SMILES string of the molecule is N#Cc1ccnc(N2CCC[C@@H]2C(=O)O)c1. The van der Waals surface area contributed by atoms with Crippen LogP contribution in [0.1, 0.15) is 18.4 Å². The van der Waals surface area contributed by atoms with Gasteiger partial charge in [0.2, 0.25) is 0 Å². The number of hydrogen-bond acceptors (Lipinski definition) is 4. The molecule has 0 spiro atoms. The van der Waals surface area contributed by atoms with E-state index in [0.717, 1.165) is 6.42 Å². The van der Waals surface area contributed by atoms with Crippen LogP contribution >= 0.6 is 0 Å². The van der Waals surface area contributed by atoms with Gasteiger partial charge in [-0.15, -0.1) is 0 Å². The predicted molar refractivity (Wildman–Crippen MR) is 57.0 cm³/mol. The molecule has 1 aromatic heterocycles. The van der Waals surface area contributed by atoms with E-state index in [2.05, 4.69) is 4.98 Å². The van der Waals surface area contributed by atoms with E-state index in [1.807, 2.05) is 6.07 Å². The number of pyridine rings is 1. The van der Waals surface area contributed by atoms with Crippen LogP contribution in [0.3, 0.4) is 0 Å². The Morgan fingerprint density at radius 3 is 3.19 bits per heavy atom. The molecule has 5 heteroatoms. The molecule has 0 unspecified atom stereocenters. The lowest BCUT2D eigenvalue weighted by Crippen LogP contribution is -2.36. The molecule has 0 aromatic carbocycles. The summed E-state index contributed by atoms with van der Waals surface area (Å²) in [7, 11) is 0. The first-order chi connectivity index (χ1) is 7.72. The molecule has 1 N–H and O–H groups in total. The highest BCUT2D eigenvalue weighted by Crippen LogP contribution is 2.24.